The zero-order valence-electron chi connectivity index (χ0n) is 20.3. The normalized spacial score (nSPS) is 11.2. The number of pyridine rings is 1. The first-order chi connectivity index (χ1) is 17.2. The highest BCUT2D eigenvalue weighted by Gasteiger charge is 2.11. The second kappa shape index (κ2) is 12.0. The Kier molecular flexibility index (Phi) is 8.29. The summed E-state index contributed by atoms with van der Waals surface area (Å²) in [6.45, 7) is 7.39. The first-order valence-corrected chi connectivity index (χ1v) is 12.0. The molecule has 0 amide bonds. The van der Waals surface area contributed by atoms with Crippen LogP contribution in [-0.4, -0.2) is 29.7 Å². The van der Waals surface area contributed by atoms with Crippen LogP contribution in [0, 0.1) is 18.3 Å². The van der Waals surface area contributed by atoms with Crippen LogP contribution in [0.5, 0.6) is 0 Å². The molecule has 4 rings (SSSR count). The highest BCUT2D eigenvalue weighted by molar-refractivity contribution is 5.90. The lowest BCUT2D eigenvalue weighted by Crippen LogP contribution is -2.16. The molecule has 0 aliphatic rings. The van der Waals surface area contributed by atoms with Crippen molar-refractivity contribution in [3.05, 3.63) is 88.9 Å². The number of aromatic amines is 1. The first-order valence-electron chi connectivity index (χ1n) is 12.0. The van der Waals surface area contributed by atoms with Gasteiger partial charge in [-0.15, -0.1) is 0 Å². The van der Waals surface area contributed by atoms with Gasteiger partial charge in [0.05, 0.1) is 11.3 Å². The van der Waals surface area contributed by atoms with Crippen LogP contribution in [0.4, 0.5) is 11.4 Å². The van der Waals surface area contributed by atoms with Crippen molar-refractivity contribution in [3.8, 4) is 6.07 Å². The number of nitrogens with one attached hydrogen (secondary N) is 3. The summed E-state index contributed by atoms with van der Waals surface area (Å²) >= 11 is 0. The third kappa shape index (κ3) is 6.15. The summed E-state index contributed by atoms with van der Waals surface area (Å²) in [5.74, 6) is 0. The molecule has 0 saturated carbocycles. The van der Waals surface area contributed by atoms with Gasteiger partial charge in [-0.25, -0.2) is 0 Å². The molecule has 2 heterocycles. The maximum absolute atomic E-state index is 9.73. The average molecular weight is 466 g/mol. The number of ether oxygens (including phenoxy) is 1. The molecule has 35 heavy (non-hydrogen) atoms. The Bertz CT molecular complexity index is 1350. The van der Waals surface area contributed by atoms with E-state index >= 15 is 0 Å². The van der Waals surface area contributed by atoms with Gasteiger partial charge in [0, 0.05) is 60.5 Å². The SMILES string of the molecule is CCOCCCNCc1cccc(/C=C/c2cncc(C#N)c2Nc2ccc3[nH]ccc3c2C)c1. The lowest BCUT2D eigenvalue weighted by molar-refractivity contribution is 0.144. The van der Waals surface area contributed by atoms with Crippen molar-refractivity contribution < 1.29 is 4.74 Å². The van der Waals surface area contributed by atoms with Gasteiger partial charge in [-0.2, -0.15) is 5.26 Å². The number of hydrogen-bond donors (Lipinski definition) is 3. The van der Waals surface area contributed by atoms with Crippen LogP contribution in [-0.2, 0) is 11.3 Å². The van der Waals surface area contributed by atoms with Crippen LogP contribution in [0.25, 0.3) is 23.1 Å². The van der Waals surface area contributed by atoms with Crippen molar-refractivity contribution >= 4 is 34.4 Å². The molecule has 178 valence electrons. The average Bonchev–Trinajstić information content (AvgIpc) is 3.37. The van der Waals surface area contributed by atoms with Crippen molar-refractivity contribution in [1.82, 2.24) is 15.3 Å². The van der Waals surface area contributed by atoms with E-state index in [9.17, 15) is 5.26 Å². The summed E-state index contributed by atoms with van der Waals surface area (Å²) < 4.78 is 5.38. The highest BCUT2D eigenvalue weighted by atomic mass is 16.5. The minimum Gasteiger partial charge on any atom is -0.382 e. The topological polar surface area (TPSA) is 85.8 Å². The summed E-state index contributed by atoms with van der Waals surface area (Å²) in [7, 11) is 0. The lowest BCUT2D eigenvalue weighted by atomic mass is 10.1. The summed E-state index contributed by atoms with van der Waals surface area (Å²) in [6.07, 6.45) is 10.4. The van der Waals surface area contributed by atoms with E-state index in [4.69, 9.17) is 4.74 Å². The largest absolute Gasteiger partial charge is 0.382 e. The number of benzene rings is 2. The second-order valence-corrected chi connectivity index (χ2v) is 8.37. The summed E-state index contributed by atoms with van der Waals surface area (Å²) in [5.41, 5.74) is 7.62. The Morgan fingerprint density at radius 2 is 2.06 bits per heavy atom. The number of fused-ring (bicyclic) bond motifs is 1. The number of H-pyrrole nitrogens is 1. The van der Waals surface area contributed by atoms with Crippen LogP contribution >= 0.6 is 0 Å². The molecular weight excluding hydrogens is 434 g/mol. The lowest BCUT2D eigenvalue weighted by Gasteiger charge is -2.14. The summed E-state index contributed by atoms with van der Waals surface area (Å²) in [5, 5.41) is 17.8. The molecule has 6 nitrogen and oxygen atoms in total. The number of hydrogen-bond acceptors (Lipinski definition) is 5. The number of aromatic nitrogens is 2. The minimum atomic E-state index is 0.505. The first kappa shape index (κ1) is 24.2. The van der Waals surface area contributed by atoms with E-state index in [0.717, 1.165) is 71.7 Å². The summed E-state index contributed by atoms with van der Waals surface area (Å²) in [4.78, 5) is 7.52. The van der Waals surface area contributed by atoms with Gasteiger partial charge >= 0.3 is 0 Å². The molecule has 0 aliphatic heterocycles. The van der Waals surface area contributed by atoms with E-state index in [1.165, 1.54) is 5.56 Å². The quantitative estimate of drug-likeness (QED) is 0.231. The molecule has 0 bridgehead atoms. The van der Waals surface area contributed by atoms with Gasteiger partial charge in [0.2, 0.25) is 0 Å². The Balaban J connectivity index is 1.51. The fourth-order valence-electron chi connectivity index (χ4n) is 4.05. The molecular formula is C29H31N5O. The van der Waals surface area contributed by atoms with E-state index in [1.54, 1.807) is 12.4 Å². The number of nitriles is 1. The molecule has 2 aromatic carbocycles. The van der Waals surface area contributed by atoms with E-state index < -0.39 is 0 Å². The van der Waals surface area contributed by atoms with Crippen LogP contribution < -0.4 is 10.6 Å². The fourth-order valence-corrected chi connectivity index (χ4v) is 4.05. The number of rotatable bonds is 11. The van der Waals surface area contributed by atoms with E-state index in [-0.39, 0.29) is 0 Å². The molecule has 0 atom stereocenters. The second-order valence-electron chi connectivity index (χ2n) is 8.37. The third-order valence-electron chi connectivity index (χ3n) is 5.94. The maximum Gasteiger partial charge on any atom is 0.103 e. The van der Waals surface area contributed by atoms with E-state index in [0.29, 0.717) is 5.56 Å². The number of anilines is 2. The molecule has 4 aromatic rings. The van der Waals surface area contributed by atoms with Crippen LogP contribution in [0.15, 0.2) is 61.1 Å². The number of nitrogens with zero attached hydrogens (tertiary/aromatic N) is 2. The van der Waals surface area contributed by atoms with Gasteiger partial charge in [0.1, 0.15) is 6.07 Å². The Labute approximate surface area is 206 Å². The molecule has 0 spiro atoms. The molecule has 0 fully saturated rings. The highest BCUT2D eigenvalue weighted by Crippen LogP contribution is 2.31. The van der Waals surface area contributed by atoms with Crippen LogP contribution in [0.2, 0.25) is 0 Å². The molecule has 2 aromatic heterocycles. The molecule has 0 aliphatic carbocycles. The molecule has 0 radical (unpaired) electrons. The Morgan fingerprint density at radius 3 is 2.91 bits per heavy atom. The predicted molar refractivity (Wildman–Crippen MR) is 143 cm³/mol. The molecule has 6 heteroatoms. The van der Waals surface area contributed by atoms with Crippen molar-refractivity contribution in [2.75, 3.05) is 25.1 Å². The predicted octanol–water partition coefficient (Wildman–Crippen LogP) is 6.17. The smallest absolute Gasteiger partial charge is 0.103 e. The van der Waals surface area contributed by atoms with Crippen LogP contribution in [0.3, 0.4) is 0 Å². The minimum absolute atomic E-state index is 0.505. The van der Waals surface area contributed by atoms with Crippen molar-refractivity contribution in [3.63, 3.8) is 0 Å². The van der Waals surface area contributed by atoms with Gasteiger partial charge in [-0.1, -0.05) is 36.4 Å². The summed E-state index contributed by atoms with van der Waals surface area (Å²) in [6, 6.07) is 16.9. The third-order valence-corrected chi connectivity index (χ3v) is 5.94. The number of aryl methyl sites for hydroxylation is 1. The molecule has 3 N–H and O–H groups in total. The Morgan fingerprint density at radius 1 is 1.14 bits per heavy atom. The zero-order chi connectivity index (χ0) is 24.5. The van der Waals surface area contributed by atoms with Gasteiger partial charge in [-0.3, -0.25) is 4.98 Å². The van der Waals surface area contributed by atoms with Gasteiger partial charge in [0.15, 0.2) is 0 Å². The van der Waals surface area contributed by atoms with Gasteiger partial charge in [0.25, 0.3) is 0 Å². The van der Waals surface area contributed by atoms with Crippen molar-refractivity contribution in [1.29, 1.82) is 5.26 Å². The van der Waals surface area contributed by atoms with Crippen LogP contribution in [0.1, 0.15) is 41.2 Å². The fraction of sp³-hybridized carbons (Fsp3) is 0.241. The Hall–Kier alpha value is -3.92. The van der Waals surface area contributed by atoms with Gasteiger partial charge in [-0.05, 0) is 61.7 Å². The van der Waals surface area contributed by atoms with E-state index in [1.807, 2.05) is 31.3 Å². The molecule has 0 unspecified atom stereocenters. The monoisotopic (exact) mass is 465 g/mol. The van der Waals surface area contributed by atoms with Crippen molar-refractivity contribution in [2.24, 2.45) is 0 Å². The maximum atomic E-state index is 9.73. The van der Waals surface area contributed by atoms with Gasteiger partial charge < -0.3 is 20.4 Å². The van der Waals surface area contributed by atoms with Crippen molar-refractivity contribution in [2.45, 2.75) is 26.8 Å². The molecule has 0 saturated heterocycles. The zero-order valence-corrected chi connectivity index (χ0v) is 20.3. The standard InChI is InChI=1S/C29H31N5O/c1-3-35-15-5-13-31-18-23-7-4-6-22(16-23)8-9-24-19-32-20-25(17-30)29(24)34-27-10-11-28-26(21(27)2)12-14-33-28/h4,6-12,14,16,19-20,31,33H,3,5,13,15,18H2,1-2H3,(H,32,34)/b9-8+. The van der Waals surface area contributed by atoms with E-state index in [2.05, 4.69) is 70.0 Å².